The van der Waals surface area contributed by atoms with E-state index >= 15 is 0 Å². The minimum atomic E-state index is -1.21. The summed E-state index contributed by atoms with van der Waals surface area (Å²) in [5.41, 5.74) is 6.64. The summed E-state index contributed by atoms with van der Waals surface area (Å²) in [5, 5.41) is 0.480. The first-order valence-electron chi connectivity index (χ1n) is 11.4. The molecule has 1 aromatic carbocycles. The summed E-state index contributed by atoms with van der Waals surface area (Å²) in [5.74, 6) is -3.57. The molecule has 0 bridgehead atoms. The van der Waals surface area contributed by atoms with Crippen LogP contribution in [0.2, 0.25) is 0 Å². The standard InChI is InChI=1S/C24H34N2O5/c1-2-3-4-5-6-7-8-9-10-14-20(27)23(18-12-11-13-19(25)17-18)24(30)31-26-21(28)15-16-22(26)29/h11-13,17,23H,2-10,14-16,25H2,1H3. The zero-order chi connectivity index (χ0) is 22.6. The van der Waals surface area contributed by atoms with E-state index in [0.717, 1.165) is 19.3 Å². The molecular formula is C24H34N2O5. The number of imide groups is 1. The number of nitrogen functional groups attached to an aromatic ring is 1. The van der Waals surface area contributed by atoms with Crippen LogP contribution in [-0.2, 0) is 24.0 Å². The topological polar surface area (TPSA) is 107 Å². The normalized spacial score (nSPS) is 14.7. The zero-order valence-corrected chi connectivity index (χ0v) is 18.4. The fourth-order valence-electron chi connectivity index (χ4n) is 3.75. The zero-order valence-electron chi connectivity index (χ0n) is 18.4. The Balaban J connectivity index is 1.91. The number of ketones is 1. The van der Waals surface area contributed by atoms with Crippen molar-refractivity contribution in [2.75, 3.05) is 5.73 Å². The molecule has 2 amide bonds. The Kier molecular flexibility index (Phi) is 10.2. The molecule has 31 heavy (non-hydrogen) atoms. The van der Waals surface area contributed by atoms with Crippen molar-refractivity contribution in [1.29, 1.82) is 0 Å². The Labute approximate surface area is 184 Å². The van der Waals surface area contributed by atoms with Gasteiger partial charge in [-0.2, -0.15) is 0 Å². The monoisotopic (exact) mass is 430 g/mol. The quantitative estimate of drug-likeness (QED) is 0.202. The second-order valence-corrected chi connectivity index (χ2v) is 8.14. The molecule has 2 N–H and O–H groups in total. The van der Waals surface area contributed by atoms with Gasteiger partial charge in [0.1, 0.15) is 5.92 Å². The van der Waals surface area contributed by atoms with Crippen LogP contribution in [0.15, 0.2) is 24.3 Å². The third-order valence-corrected chi connectivity index (χ3v) is 5.52. The Hall–Kier alpha value is -2.70. The molecule has 1 saturated heterocycles. The van der Waals surface area contributed by atoms with Gasteiger partial charge in [0.15, 0.2) is 5.78 Å². The first-order chi connectivity index (χ1) is 14.9. The van der Waals surface area contributed by atoms with Gasteiger partial charge >= 0.3 is 5.97 Å². The number of hydroxylamine groups is 2. The summed E-state index contributed by atoms with van der Waals surface area (Å²) in [7, 11) is 0. The predicted octanol–water partition coefficient (Wildman–Crippen LogP) is 4.45. The van der Waals surface area contributed by atoms with Gasteiger partial charge in [0.05, 0.1) is 0 Å². The number of anilines is 1. The Morgan fingerprint density at radius 2 is 1.55 bits per heavy atom. The van der Waals surface area contributed by atoms with E-state index in [9.17, 15) is 19.2 Å². The summed E-state index contributed by atoms with van der Waals surface area (Å²) in [6.45, 7) is 2.20. The van der Waals surface area contributed by atoms with Crippen molar-refractivity contribution < 1.29 is 24.0 Å². The first kappa shape index (κ1) is 24.6. The molecule has 1 atom stereocenters. The fraction of sp³-hybridized carbons (Fsp3) is 0.583. The Morgan fingerprint density at radius 3 is 2.13 bits per heavy atom. The molecule has 1 aromatic rings. The highest BCUT2D eigenvalue weighted by atomic mass is 16.7. The molecule has 0 saturated carbocycles. The number of carbonyl (C=O) groups is 4. The van der Waals surface area contributed by atoms with E-state index in [4.69, 9.17) is 10.6 Å². The summed E-state index contributed by atoms with van der Waals surface area (Å²) < 4.78 is 0. The van der Waals surface area contributed by atoms with E-state index in [0.29, 0.717) is 22.7 Å². The summed E-state index contributed by atoms with van der Waals surface area (Å²) >= 11 is 0. The highest BCUT2D eigenvalue weighted by molar-refractivity contribution is 6.07. The van der Waals surface area contributed by atoms with Crippen molar-refractivity contribution >= 4 is 29.3 Å². The van der Waals surface area contributed by atoms with Crippen LogP contribution in [-0.4, -0.2) is 28.6 Å². The van der Waals surface area contributed by atoms with E-state index in [1.54, 1.807) is 24.3 Å². The van der Waals surface area contributed by atoms with Crippen LogP contribution in [0.5, 0.6) is 0 Å². The first-order valence-corrected chi connectivity index (χ1v) is 11.4. The molecule has 1 fully saturated rings. The lowest BCUT2D eigenvalue weighted by Crippen LogP contribution is -2.36. The number of hydrogen-bond donors (Lipinski definition) is 1. The third-order valence-electron chi connectivity index (χ3n) is 5.52. The average Bonchev–Trinajstić information content (AvgIpc) is 3.05. The van der Waals surface area contributed by atoms with Crippen LogP contribution < -0.4 is 5.73 Å². The maximum absolute atomic E-state index is 12.9. The Morgan fingerprint density at radius 1 is 0.968 bits per heavy atom. The number of carbonyl (C=O) groups excluding carboxylic acids is 4. The van der Waals surface area contributed by atoms with Gasteiger partial charge in [-0.3, -0.25) is 14.4 Å². The van der Waals surface area contributed by atoms with Crippen LogP contribution >= 0.6 is 0 Å². The lowest BCUT2D eigenvalue weighted by molar-refractivity contribution is -0.198. The maximum atomic E-state index is 12.9. The van der Waals surface area contributed by atoms with Gasteiger partial charge in [-0.15, -0.1) is 5.06 Å². The predicted molar refractivity (Wildman–Crippen MR) is 118 cm³/mol. The number of nitrogens with zero attached hydrogens (tertiary/aromatic N) is 1. The molecule has 7 heteroatoms. The number of amides is 2. The SMILES string of the molecule is CCCCCCCCCCCC(=O)C(C(=O)ON1C(=O)CCC1=O)c1cccc(N)c1. The highest BCUT2D eigenvalue weighted by Crippen LogP contribution is 2.25. The van der Waals surface area contributed by atoms with Crippen molar-refractivity contribution in [3.05, 3.63) is 29.8 Å². The van der Waals surface area contributed by atoms with E-state index < -0.39 is 23.7 Å². The number of unbranched alkanes of at least 4 members (excludes halogenated alkanes) is 8. The average molecular weight is 431 g/mol. The molecule has 1 heterocycles. The number of benzene rings is 1. The van der Waals surface area contributed by atoms with Crippen molar-refractivity contribution in [1.82, 2.24) is 5.06 Å². The number of rotatable bonds is 14. The highest BCUT2D eigenvalue weighted by Gasteiger charge is 2.37. The van der Waals surface area contributed by atoms with Gasteiger partial charge in [-0.25, -0.2) is 4.79 Å². The van der Waals surface area contributed by atoms with Gasteiger partial charge in [0.2, 0.25) is 0 Å². The smallest absolute Gasteiger partial charge is 0.348 e. The second kappa shape index (κ2) is 12.9. The maximum Gasteiger partial charge on any atom is 0.348 e. The molecule has 0 aromatic heterocycles. The summed E-state index contributed by atoms with van der Waals surface area (Å²) in [4.78, 5) is 54.3. The van der Waals surface area contributed by atoms with Gasteiger partial charge in [0.25, 0.3) is 11.8 Å². The van der Waals surface area contributed by atoms with Gasteiger partial charge in [-0.05, 0) is 24.1 Å². The number of Topliss-reactive ketones (excluding diaryl/α,β-unsaturated/α-hetero) is 1. The molecule has 7 nitrogen and oxygen atoms in total. The molecule has 1 unspecified atom stereocenters. The minimum Gasteiger partial charge on any atom is -0.399 e. The number of hydrogen-bond acceptors (Lipinski definition) is 6. The molecule has 2 rings (SSSR count). The summed E-state index contributed by atoms with van der Waals surface area (Å²) in [6, 6.07) is 6.49. The molecular weight excluding hydrogens is 396 g/mol. The van der Waals surface area contributed by atoms with E-state index in [1.165, 1.54) is 32.1 Å². The summed E-state index contributed by atoms with van der Waals surface area (Å²) in [6.07, 6.45) is 10.3. The van der Waals surface area contributed by atoms with Crippen molar-refractivity contribution in [3.8, 4) is 0 Å². The van der Waals surface area contributed by atoms with Crippen molar-refractivity contribution in [2.45, 2.75) is 89.9 Å². The van der Waals surface area contributed by atoms with Crippen LogP contribution in [0.1, 0.15) is 95.5 Å². The molecule has 1 aliphatic heterocycles. The number of nitrogens with two attached hydrogens (primary N) is 1. The molecule has 0 aliphatic carbocycles. The van der Waals surface area contributed by atoms with Crippen LogP contribution in [0.4, 0.5) is 5.69 Å². The molecule has 1 aliphatic rings. The minimum absolute atomic E-state index is 0.00144. The Bertz CT molecular complexity index is 761. The van der Waals surface area contributed by atoms with Gasteiger partial charge in [-0.1, -0.05) is 70.4 Å². The lowest BCUT2D eigenvalue weighted by atomic mass is 9.91. The van der Waals surface area contributed by atoms with Crippen molar-refractivity contribution in [3.63, 3.8) is 0 Å². The molecule has 0 radical (unpaired) electrons. The van der Waals surface area contributed by atoms with E-state index in [1.807, 2.05) is 0 Å². The molecule has 0 spiro atoms. The second-order valence-electron chi connectivity index (χ2n) is 8.14. The largest absolute Gasteiger partial charge is 0.399 e. The van der Waals surface area contributed by atoms with Crippen LogP contribution in [0.25, 0.3) is 0 Å². The van der Waals surface area contributed by atoms with E-state index in [-0.39, 0.29) is 25.0 Å². The lowest BCUT2D eigenvalue weighted by Gasteiger charge is -2.19. The molecule has 170 valence electrons. The van der Waals surface area contributed by atoms with Gasteiger partial charge in [0, 0.05) is 24.9 Å². The van der Waals surface area contributed by atoms with Crippen LogP contribution in [0, 0.1) is 0 Å². The third kappa shape index (κ3) is 7.81. The van der Waals surface area contributed by atoms with Crippen molar-refractivity contribution in [2.24, 2.45) is 0 Å². The fourth-order valence-corrected chi connectivity index (χ4v) is 3.75. The van der Waals surface area contributed by atoms with Gasteiger partial charge < -0.3 is 10.6 Å². The van der Waals surface area contributed by atoms with E-state index in [2.05, 4.69) is 6.92 Å². The van der Waals surface area contributed by atoms with Crippen LogP contribution in [0.3, 0.4) is 0 Å².